The zero-order valence-electron chi connectivity index (χ0n) is 19.7. The molecule has 4 aromatic heterocycles. The Bertz CT molecular complexity index is 1860. The van der Waals surface area contributed by atoms with E-state index in [1.54, 1.807) is 12.1 Å². The Morgan fingerprint density at radius 1 is 1.18 bits per heavy atom. The van der Waals surface area contributed by atoms with Crippen molar-refractivity contribution in [2.24, 2.45) is 0 Å². The molecule has 1 amide bonds. The average molecular weight is 557 g/mol. The summed E-state index contributed by atoms with van der Waals surface area (Å²) in [6, 6.07) is 7.04. The van der Waals surface area contributed by atoms with Gasteiger partial charge in [0.2, 0.25) is 0 Å². The van der Waals surface area contributed by atoms with Crippen LogP contribution >= 0.6 is 11.5 Å². The normalized spacial score (nSPS) is 17.0. The Kier molecular flexibility index (Phi) is 5.93. The molecule has 5 aromatic rings. The number of carbonyl (C=O) groups excluding carboxylic acids is 1. The average Bonchev–Trinajstić information content (AvgIpc) is 3.55. The number of hydrogen-bond acceptors (Lipinski definition) is 10. The molecule has 1 saturated heterocycles. The molecule has 200 valence electrons. The summed E-state index contributed by atoms with van der Waals surface area (Å²) in [5.74, 6) is -0.352. The summed E-state index contributed by atoms with van der Waals surface area (Å²) < 4.78 is 37.9. The molecule has 0 radical (unpaired) electrons. The molecule has 1 fully saturated rings. The lowest BCUT2D eigenvalue weighted by Crippen LogP contribution is -2.50. The van der Waals surface area contributed by atoms with E-state index in [1.807, 2.05) is 0 Å². The number of alkyl halides is 2. The highest BCUT2D eigenvalue weighted by atomic mass is 32.1. The maximum atomic E-state index is 13.3. The molecule has 1 aromatic carbocycles. The number of nitrogens with zero attached hydrogens (tertiary/aromatic N) is 6. The zero-order chi connectivity index (χ0) is 27.4. The van der Waals surface area contributed by atoms with Crippen molar-refractivity contribution in [3.8, 4) is 5.69 Å². The standard InChI is InChI=1S/C23H18F2N8O5S/c24-23(25)32-9-10(1-4-14(32)34)33-6-5-13(29-33)31-7-8-38-17(22(31)37)16(35)20-27-12-3-2-11-18(39-30-19(11)26)15(12)21(36)28-20/h1-6,9,16-17,23,35H,7-8H2,(H2,26,30)(H,27,28,36)/t16?,17-/m1/s1. The number of H-pyrrole nitrogens is 1. The first-order chi connectivity index (χ1) is 18.7. The molecule has 4 N–H and O–H groups in total. The van der Waals surface area contributed by atoms with Crippen molar-refractivity contribution < 1.29 is 23.4 Å². The minimum Gasteiger partial charge on any atom is -0.382 e. The van der Waals surface area contributed by atoms with Crippen molar-refractivity contribution in [1.29, 1.82) is 0 Å². The van der Waals surface area contributed by atoms with Crippen molar-refractivity contribution in [3.63, 3.8) is 0 Å². The van der Waals surface area contributed by atoms with Gasteiger partial charge in [0.05, 0.1) is 34.4 Å². The number of aromatic amines is 1. The SMILES string of the molecule is Nc1nsc2c1ccc1nc(C(O)[C@H]3OCCN(c4ccn(-c5ccc(=O)n(C(F)F)c5)n4)C3=O)[nH]c(=O)c12. The fourth-order valence-electron chi connectivity index (χ4n) is 4.39. The molecule has 39 heavy (non-hydrogen) atoms. The van der Waals surface area contributed by atoms with Gasteiger partial charge in [-0.15, -0.1) is 5.10 Å². The van der Waals surface area contributed by atoms with Crippen LogP contribution in [0.15, 0.2) is 52.3 Å². The minimum atomic E-state index is -3.03. The third-order valence-corrected chi connectivity index (χ3v) is 7.19. The number of hydrogen-bond donors (Lipinski definition) is 3. The Balaban J connectivity index is 1.29. The van der Waals surface area contributed by atoms with Crippen LogP contribution < -0.4 is 21.8 Å². The number of carbonyl (C=O) groups is 1. The van der Waals surface area contributed by atoms with Crippen molar-refractivity contribution in [2.75, 3.05) is 23.8 Å². The number of aliphatic hydroxyl groups excluding tert-OH is 1. The monoisotopic (exact) mass is 556 g/mol. The highest BCUT2D eigenvalue weighted by molar-refractivity contribution is 7.14. The van der Waals surface area contributed by atoms with Crippen molar-refractivity contribution in [1.82, 2.24) is 28.7 Å². The van der Waals surface area contributed by atoms with E-state index in [-0.39, 0.29) is 46.0 Å². The predicted octanol–water partition coefficient (Wildman–Crippen LogP) is 1.32. The van der Waals surface area contributed by atoms with Crippen LogP contribution in [0, 0.1) is 0 Å². The Morgan fingerprint density at radius 2 is 2.00 bits per heavy atom. The lowest BCUT2D eigenvalue weighted by atomic mass is 10.1. The van der Waals surface area contributed by atoms with Crippen molar-refractivity contribution in [2.45, 2.75) is 18.8 Å². The number of fused-ring (bicyclic) bond motifs is 3. The van der Waals surface area contributed by atoms with E-state index < -0.39 is 35.8 Å². The molecule has 2 atom stereocenters. The van der Waals surface area contributed by atoms with Crippen molar-refractivity contribution in [3.05, 3.63) is 69.3 Å². The zero-order valence-corrected chi connectivity index (χ0v) is 20.5. The van der Waals surface area contributed by atoms with Crippen LogP contribution in [0.4, 0.5) is 20.4 Å². The number of pyridine rings is 1. The predicted molar refractivity (Wildman–Crippen MR) is 136 cm³/mol. The first-order valence-corrected chi connectivity index (χ1v) is 12.3. The van der Waals surface area contributed by atoms with Crippen LogP contribution in [0.1, 0.15) is 18.5 Å². The van der Waals surface area contributed by atoms with E-state index in [1.165, 1.54) is 27.9 Å². The van der Waals surface area contributed by atoms with Gasteiger partial charge in [0.1, 0.15) is 17.7 Å². The molecule has 13 nitrogen and oxygen atoms in total. The van der Waals surface area contributed by atoms with E-state index in [0.717, 1.165) is 23.8 Å². The van der Waals surface area contributed by atoms with Crippen molar-refractivity contribution >= 4 is 50.1 Å². The van der Waals surface area contributed by atoms with E-state index in [4.69, 9.17) is 10.5 Å². The van der Waals surface area contributed by atoms with Gasteiger partial charge < -0.3 is 20.6 Å². The highest BCUT2D eigenvalue weighted by Crippen LogP contribution is 2.30. The van der Waals surface area contributed by atoms with Crippen LogP contribution in [-0.2, 0) is 9.53 Å². The number of nitrogens with one attached hydrogen (secondary N) is 1. The molecule has 5 heterocycles. The smallest absolute Gasteiger partial charge is 0.321 e. The largest absolute Gasteiger partial charge is 0.382 e. The number of anilines is 2. The van der Waals surface area contributed by atoms with Gasteiger partial charge in [-0.25, -0.2) is 9.67 Å². The first kappa shape index (κ1) is 24.8. The summed E-state index contributed by atoms with van der Waals surface area (Å²) >= 11 is 1.06. The number of amides is 1. The van der Waals surface area contributed by atoms with E-state index in [2.05, 4.69) is 19.4 Å². The molecular formula is C23H18F2N8O5S. The number of halogens is 2. The number of aromatic nitrogens is 6. The number of rotatable bonds is 5. The number of morpholine rings is 1. The van der Waals surface area contributed by atoms with Gasteiger partial charge in [0.25, 0.3) is 17.0 Å². The number of ether oxygens (including phenoxy) is 1. The number of benzene rings is 1. The fraction of sp³-hybridized carbons (Fsp3) is 0.217. The summed E-state index contributed by atoms with van der Waals surface area (Å²) in [6.07, 6.45) is -0.633. The van der Waals surface area contributed by atoms with Gasteiger partial charge in [-0.3, -0.25) is 23.9 Å². The summed E-state index contributed by atoms with van der Waals surface area (Å²) in [5, 5.41) is 16.2. The Labute approximate surface area is 219 Å². The second kappa shape index (κ2) is 9.33. The van der Waals surface area contributed by atoms with Crippen LogP contribution in [0.25, 0.3) is 26.7 Å². The highest BCUT2D eigenvalue weighted by Gasteiger charge is 2.38. The fourth-order valence-corrected chi connectivity index (χ4v) is 5.23. The number of aliphatic hydroxyl groups is 1. The molecule has 0 saturated carbocycles. The lowest BCUT2D eigenvalue weighted by molar-refractivity contribution is -0.143. The molecule has 6 rings (SSSR count). The Hall–Kier alpha value is -4.54. The molecular weight excluding hydrogens is 538 g/mol. The van der Waals surface area contributed by atoms with Gasteiger partial charge in [-0.2, -0.15) is 13.2 Å². The molecule has 0 bridgehead atoms. The van der Waals surface area contributed by atoms with Crippen LogP contribution in [-0.4, -0.2) is 59.0 Å². The second-order valence-electron chi connectivity index (χ2n) is 8.61. The molecule has 1 unspecified atom stereocenters. The summed E-state index contributed by atoms with van der Waals surface area (Å²) in [6.45, 7) is -2.89. The summed E-state index contributed by atoms with van der Waals surface area (Å²) in [7, 11) is 0. The van der Waals surface area contributed by atoms with Gasteiger partial charge in [-0.1, -0.05) is 0 Å². The van der Waals surface area contributed by atoms with Crippen LogP contribution in [0.3, 0.4) is 0 Å². The summed E-state index contributed by atoms with van der Waals surface area (Å²) in [4.78, 5) is 46.0. The van der Waals surface area contributed by atoms with Crippen LogP contribution in [0.5, 0.6) is 0 Å². The first-order valence-electron chi connectivity index (χ1n) is 11.5. The number of nitrogens with two attached hydrogens (primary N) is 1. The van der Waals surface area contributed by atoms with Gasteiger partial charge in [0.15, 0.2) is 11.9 Å². The Morgan fingerprint density at radius 3 is 2.79 bits per heavy atom. The second-order valence-corrected chi connectivity index (χ2v) is 9.38. The third-order valence-electron chi connectivity index (χ3n) is 6.29. The minimum absolute atomic E-state index is 0.0369. The lowest BCUT2D eigenvalue weighted by Gasteiger charge is -2.32. The molecule has 0 aliphatic carbocycles. The van der Waals surface area contributed by atoms with Crippen LogP contribution in [0.2, 0.25) is 0 Å². The summed E-state index contributed by atoms with van der Waals surface area (Å²) in [5.41, 5.74) is 4.90. The molecule has 1 aliphatic rings. The maximum absolute atomic E-state index is 13.3. The van der Waals surface area contributed by atoms with Gasteiger partial charge in [-0.05, 0) is 29.7 Å². The molecule has 0 spiro atoms. The quantitative estimate of drug-likeness (QED) is 0.288. The van der Waals surface area contributed by atoms with E-state index in [0.29, 0.717) is 15.9 Å². The third kappa shape index (κ3) is 4.14. The molecule has 1 aliphatic heterocycles. The van der Waals surface area contributed by atoms with Gasteiger partial charge >= 0.3 is 6.55 Å². The molecule has 16 heteroatoms. The van der Waals surface area contributed by atoms with E-state index in [9.17, 15) is 28.3 Å². The topological polar surface area (TPSA) is 174 Å². The number of nitrogen functional groups attached to an aromatic ring is 1. The maximum Gasteiger partial charge on any atom is 0.321 e. The van der Waals surface area contributed by atoms with Gasteiger partial charge in [0, 0.05) is 29.9 Å². The van der Waals surface area contributed by atoms with E-state index >= 15 is 0 Å².